The van der Waals surface area contributed by atoms with Crippen LogP contribution in [0.3, 0.4) is 0 Å². The molecule has 1 aromatic carbocycles. The summed E-state index contributed by atoms with van der Waals surface area (Å²) in [6.45, 7) is 3.77. The quantitative estimate of drug-likeness (QED) is 0.477. The van der Waals surface area contributed by atoms with Crippen molar-refractivity contribution >= 4 is 17.4 Å². The first kappa shape index (κ1) is 21.4. The number of benzene rings is 1. The van der Waals surface area contributed by atoms with Gasteiger partial charge in [0.15, 0.2) is 0 Å². The summed E-state index contributed by atoms with van der Waals surface area (Å²) in [6.07, 6.45) is 7.14. The number of rotatable bonds is 7. The number of ether oxygens (including phenoxy) is 1. The molecule has 0 N–H and O–H groups in total. The zero-order valence-electron chi connectivity index (χ0n) is 17.0. The lowest BCUT2D eigenvalue weighted by Gasteiger charge is -2.32. The Kier molecular flexibility index (Phi) is 6.60. The molecule has 2 aromatic heterocycles. The van der Waals surface area contributed by atoms with Gasteiger partial charge in [-0.05, 0) is 31.6 Å². The molecule has 0 saturated carbocycles. The highest BCUT2D eigenvalue weighted by atomic mass is 35.5. The van der Waals surface area contributed by atoms with Crippen LogP contribution in [-0.2, 0) is 0 Å². The van der Waals surface area contributed by atoms with Crippen LogP contribution >= 0.6 is 11.6 Å². The molecule has 0 aliphatic carbocycles. The normalized spacial score (nSPS) is 14.8. The Bertz CT molecular complexity index is 1000. The van der Waals surface area contributed by atoms with E-state index in [4.69, 9.17) is 20.8 Å². The maximum Gasteiger partial charge on any atom is 0.253 e. The van der Waals surface area contributed by atoms with E-state index in [1.807, 2.05) is 0 Å². The fourth-order valence-corrected chi connectivity index (χ4v) is 3.81. The summed E-state index contributed by atoms with van der Waals surface area (Å²) in [7, 11) is 0. The number of anilines is 1. The number of hydrogen-bond donors (Lipinski definition) is 0. The molecule has 1 fully saturated rings. The van der Waals surface area contributed by atoms with Gasteiger partial charge in [-0.3, -0.25) is 0 Å². The minimum atomic E-state index is -0.795. The zero-order chi connectivity index (χ0) is 21.8. The van der Waals surface area contributed by atoms with Crippen molar-refractivity contribution in [2.45, 2.75) is 32.6 Å². The van der Waals surface area contributed by atoms with Crippen molar-refractivity contribution < 1.29 is 17.9 Å². The molecule has 0 spiro atoms. The first-order chi connectivity index (χ1) is 15.0. The second kappa shape index (κ2) is 9.55. The van der Waals surface area contributed by atoms with Gasteiger partial charge in [-0.2, -0.15) is 0 Å². The van der Waals surface area contributed by atoms with Crippen LogP contribution < -0.4 is 9.64 Å². The van der Waals surface area contributed by atoms with Crippen LogP contribution in [0.2, 0.25) is 5.15 Å². The minimum Gasteiger partial charge on any atom is -0.493 e. The number of nitrogens with zero attached hydrogens (tertiary/aromatic N) is 5. The van der Waals surface area contributed by atoms with Gasteiger partial charge in [-0.25, -0.2) is 18.7 Å². The molecule has 4 rings (SSSR count). The Labute approximate surface area is 183 Å². The third-order valence-electron chi connectivity index (χ3n) is 5.33. The first-order valence-corrected chi connectivity index (χ1v) is 10.5. The Morgan fingerprint density at radius 3 is 2.48 bits per heavy atom. The van der Waals surface area contributed by atoms with Crippen LogP contribution in [0.15, 0.2) is 28.9 Å². The summed E-state index contributed by atoms with van der Waals surface area (Å²) < 4.78 is 39.4. The standard InChI is InChI=1S/C21H22ClF2N5O2/c1-13-27-28-21(31-13)20-16(23)9-15(10-17(20)24)30-8-2-3-14-4-6-29(7-5-14)19-12-25-18(22)11-26-19/h9-12,14H,2-8H2,1H3. The monoisotopic (exact) mass is 449 g/mol. The van der Waals surface area contributed by atoms with Crippen molar-refractivity contribution in [2.75, 3.05) is 24.6 Å². The molecule has 10 heteroatoms. The maximum atomic E-state index is 14.3. The highest BCUT2D eigenvalue weighted by Gasteiger charge is 2.21. The maximum absolute atomic E-state index is 14.3. The number of aromatic nitrogens is 4. The van der Waals surface area contributed by atoms with Gasteiger partial charge in [-0.15, -0.1) is 10.2 Å². The molecule has 0 radical (unpaired) electrons. The van der Waals surface area contributed by atoms with Crippen LogP contribution in [0.5, 0.6) is 5.75 Å². The average Bonchev–Trinajstić information content (AvgIpc) is 3.17. The lowest BCUT2D eigenvalue weighted by Crippen LogP contribution is -2.34. The summed E-state index contributed by atoms with van der Waals surface area (Å²) in [5.41, 5.74) is -0.343. The second-order valence-corrected chi connectivity index (χ2v) is 7.89. The molecule has 7 nitrogen and oxygen atoms in total. The fraction of sp³-hybridized carbons (Fsp3) is 0.429. The van der Waals surface area contributed by atoms with E-state index >= 15 is 0 Å². The largest absolute Gasteiger partial charge is 0.493 e. The summed E-state index contributed by atoms with van der Waals surface area (Å²) in [5, 5.41) is 7.66. The van der Waals surface area contributed by atoms with E-state index in [9.17, 15) is 8.78 Å². The lowest BCUT2D eigenvalue weighted by atomic mass is 9.92. The Hall–Kier alpha value is -2.81. The first-order valence-electron chi connectivity index (χ1n) is 10.1. The van der Waals surface area contributed by atoms with Crippen molar-refractivity contribution in [1.82, 2.24) is 20.2 Å². The van der Waals surface area contributed by atoms with Gasteiger partial charge in [-0.1, -0.05) is 11.6 Å². The van der Waals surface area contributed by atoms with Crippen molar-refractivity contribution in [1.29, 1.82) is 0 Å². The Balaban J connectivity index is 1.23. The molecule has 0 unspecified atom stereocenters. The summed E-state index contributed by atoms with van der Waals surface area (Å²) in [4.78, 5) is 10.6. The van der Waals surface area contributed by atoms with Gasteiger partial charge < -0.3 is 14.1 Å². The van der Waals surface area contributed by atoms with Gasteiger partial charge in [0.05, 0.1) is 19.0 Å². The van der Waals surface area contributed by atoms with E-state index in [0.717, 1.165) is 56.7 Å². The third-order valence-corrected chi connectivity index (χ3v) is 5.52. The molecule has 0 atom stereocenters. The van der Waals surface area contributed by atoms with E-state index in [0.29, 0.717) is 17.7 Å². The summed E-state index contributed by atoms with van der Waals surface area (Å²) >= 11 is 5.79. The molecule has 1 saturated heterocycles. The summed E-state index contributed by atoms with van der Waals surface area (Å²) in [6, 6.07) is 2.28. The molecule has 0 amide bonds. The number of piperidine rings is 1. The number of halogens is 3. The van der Waals surface area contributed by atoms with Crippen LogP contribution in [-0.4, -0.2) is 39.9 Å². The second-order valence-electron chi connectivity index (χ2n) is 7.51. The van der Waals surface area contributed by atoms with Gasteiger partial charge in [0, 0.05) is 32.1 Å². The van der Waals surface area contributed by atoms with Crippen molar-refractivity contribution in [2.24, 2.45) is 5.92 Å². The fourth-order valence-electron chi connectivity index (χ4n) is 3.72. The molecule has 31 heavy (non-hydrogen) atoms. The molecule has 3 aromatic rings. The predicted octanol–water partition coefficient (Wildman–Crippen LogP) is 4.84. The SMILES string of the molecule is Cc1nnc(-c2c(F)cc(OCCCC3CCN(c4cnc(Cl)cn4)CC3)cc2F)o1. The van der Waals surface area contributed by atoms with Crippen LogP contribution in [0.4, 0.5) is 14.6 Å². The number of aryl methyl sites for hydroxylation is 1. The van der Waals surface area contributed by atoms with E-state index < -0.39 is 11.6 Å². The van der Waals surface area contributed by atoms with Gasteiger partial charge in [0.2, 0.25) is 5.89 Å². The summed E-state index contributed by atoms with van der Waals surface area (Å²) in [5.74, 6) is 0.0286. The van der Waals surface area contributed by atoms with E-state index in [1.165, 1.54) is 0 Å². The zero-order valence-corrected chi connectivity index (χ0v) is 17.8. The van der Waals surface area contributed by atoms with Crippen molar-refractivity contribution in [3.05, 3.63) is 47.2 Å². The predicted molar refractivity (Wildman–Crippen MR) is 111 cm³/mol. The van der Waals surface area contributed by atoms with Crippen molar-refractivity contribution in [3.8, 4) is 17.2 Å². The minimum absolute atomic E-state index is 0.145. The molecule has 3 heterocycles. The third kappa shape index (κ3) is 5.28. The molecule has 164 valence electrons. The Morgan fingerprint density at radius 1 is 1.13 bits per heavy atom. The van der Waals surface area contributed by atoms with Gasteiger partial charge in [0.1, 0.15) is 33.9 Å². The average molecular weight is 450 g/mol. The molecule has 1 aliphatic heterocycles. The van der Waals surface area contributed by atoms with E-state index in [-0.39, 0.29) is 23.1 Å². The highest BCUT2D eigenvalue weighted by molar-refractivity contribution is 6.29. The van der Waals surface area contributed by atoms with Gasteiger partial charge >= 0.3 is 0 Å². The molecular weight excluding hydrogens is 428 g/mol. The van der Waals surface area contributed by atoms with Gasteiger partial charge in [0.25, 0.3) is 5.89 Å². The van der Waals surface area contributed by atoms with Crippen LogP contribution in [0.25, 0.3) is 11.5 Å². The molecule has 1 aliphatic rings. The van der Waals surface area contributed by atoms with E-state index in [1.54, 1.807) is 19.3 Å². The number of hydrogen-bond acceptors (Lipinski definition) is 7. The van der Waals surface area contributed by atoms with Crippen molar-refractivity contribution in [3.63, 3.8) is 0 Å². The molecule has 0 bridgehead atoms. The smallest absolute Gasteiger partial charge is 0.253 e. The Morgan fingerprint density at radius 2 is 1.87 bits per heavy atom. The van der Waals surface area contributed by atoms with Crippen LogP contribution in [0, 0.1) is 24.5 Å². The topological polar surface area (TPSA) is 77.2 Å². The highest BCUT2D eigenvalue weighted by Crippen LogP contribution is 2.29. The van der Waals surface area contributed by atoms with Crippen LogP contribution in [0.1, 0.15) is 31.6 Å². The lowest BCUT2D eigenvalue weighted by molar-refractivity contribution is 0.277. The van der Waals surface area contributed by atoms with E-state index in [2.05, 4.69) is 25.1 Å². The molecular formula is C21H22ClF2N5O2.